The van der Waals surface area contributed by atoms with Crippen LogP contribution >= 0.6 is 0 Å². The summed E-state index contributed by atoms with van der Waals surface area (Å²) >= 11 is 0. The summed E-state index contributed by atoms with van der Waals surface area (Å²) < 4.78 is 24.0. The number of para-hydroxylation sites is 1. The average Bonchev–Trinajstić information content (AvgIpc) is 2.52. The molecule has 0 saturated carbocycles. The molecule has 1 N–H and O–H groups in total. The molecule has 0 amide bonds. The summed E-state index contributed by atoms with van der Waals surface area (Å²) in [5.74, 6) is 0.957. The smallest absolute Gasteiger partial charge is 0.170 e. The summed E-state index contributed by atoms with van der Waals surface area (Å²) in [6, 6.07) is 11.7. The van der Waals surface area contributed by atoms with Crippen molar-refractivity contribution in [3.05, 3.63) is 59.4 Å². The molecule has 0 bridgehead atoms. The first-order chi connectivity index (χ1) is 10.2. The van der Waals surface area contributed by atoms with Crippen LogP contribution in [0.4, 0.5) is 4.39 Å². The first kappa shape index (κ1) is 14.8. The van der Waals surface area contributed by atoms with E-state index in [4.69, 9.17) is 9.47 Å². The van der Waals surface area contributed by atoms with Crippen LogP contribution in [-0.4, -0.2) is 20.4 Å². The van der Waals surface area contributed by atoms with E-state index in [2.05, 4.69) is 10.5 Å². The molecule has 0 saturated heterocycles. The second kappa shape index (κ2) is 7.28. The number of nitrogens with zero attached hydrogens (tertiary/aromatic N) is 1. The van der Waals surface area contributed by atoms with Crippen LogP contribution in [0, 0.1) is 5.82 Å². The number of ether oxygens (including phenoxy) is 2. The van der Waals surface area contributed by atoms with Crippen molar-refractivity contribution in [1.82, 2.24) is 5.43 Å². The predicted octanol–water partition coefficient (Wildman–Crippen LogP) is 2.97. The standard InChI is InChI=1S/C16H17FN2O2/c1-18-19-10-13-4-3-5-15(20-2)16(13)21-11-12-6-8-14(17)9-7-12/h3-10,18H,11H2,1-2H3/b19-10+. The first-order valence-electron chi connectivity index (χ1n) is 6.48. The molecule has 0 aromatic heterocycles. The van der Waals surface area contributed by atoms with Crippen LogP contribution in [-0.2, 0) is 6.61 Å². The molecule has 0 heterocycles. The third-order valence-electron chi connectivity index (χ3n) is 2.86. The zero-order valence-electron chi connectivity index (χ0n) is 12.0. The Bertz CT molecular complexity index is 612. The van der Waals surface area contributed by atoms with Gasteiger partial charge in [-0.1, -0.05) is 18.2 Å². The van der Waals surface area contributed by atoms with Crippen molar-refractivity contribution in [2.75, 3.05) is 14.2 Å². The van der Waals surface area contributed by atoms with Gasteiger partial charge in [0.25, 0.3) is 0 Å². The molecule has 0 radical (unpaired) electrons. The minimum Gasteiger partial charge on any atom is -0.493 e. The molecular weight excluding hydrogens is 271 g/mol. The molecule has 4 nitrogen and oxygen atoms in total. The molecule has 2 aromatic rings. The third kappa shape index (κ3) is 3.95. The van der Waals surface area contributed by atoms with Gasteiger partial charge in [0.05, 0.1) is 13.3 Å². The molecule has 0 spiro atoms. The number of hydrogen-bond acceptors (Lipinski definition) is 4. The van der Waals surface area contributed by atoms with Crippen LogP contribution in [0.25, 0.3) is 0 Å². The van der Waals surface area contributed by atoms with Gasteiger partial charge in [0, 0.05) is 12.6 Å². The van der Waals surface area contributed by atoms with Crippen molar-refractivity contribution >= 4 is 6.21 Å². The molecule has 0 unspecified atom stereocenters. The lowest BCUT2D eigenvalue weighted by atomic mass is 10.2. The Balaban J connectivity index is 2.20. The summed E-state index contributed by atoms with van der Waals surface area (Å²) in [7, 11) is 3.30. The topological polar surface area (TPSA) is 42.9 Å². The molecule has 0 aliphatic carbocycles. The van der Waals surface area contributed by atoms with Gasteiger partial charge in [-0.25, -0.2) is 4.39 Å². The zero-order valence-corrected chi connectivity index (χ0v) is 12.0. The summed E-state index contributed by atoms with van der Waals surface area (Å²) in [4.78, 5) is 0. The Hall–Kier alpha value is -2.56. The van der Waals surface area contributed by atoms with Crippen molar-refractivity contribution in [3.8, 4) is 11.5 Å². The minimum atomic E-state index is -0.266. The minimum absolute atomic E-state index is 0.266. The lowest BCUT2D eigenvalue weighted by Crippen LogP contribution is -2.02. The summed E-state index contributed by atoms with van der Waals surface area (Å²) in [6.07, 6.45) is 1.66. The van der Waals surface area contributed by atoms with E-state index in [1.165, 1.54) is 12.1 Å². The van der Waals surface area contributed by atoms with Gasteiger partial charge in [0.2, 0.25) is 0 Å². The molecule has 110 valence electrons. The van der Waals surface area contributed by atoms with Crippen LogP contribution in [0.2, 0.25) is 0 Å². The Kier molecular flexibility index (Phi) is 5.15. The highest BCUT2D eigenvalue weighted by Gasteiger charge is 2.09. The molecule has 0 fully saturated rings. The van der Waals surface area contributed by atoms with Crippen molar-refractivity contribution in [1.29, 1.82) is 0 Å². The van der Waals surface area contributed by atoms with E-state index in [0.29, 0.717) is 18.1 Å². The third-order valence-corrected chi connectivity index (χ3v) is 2.86. The number of methoxy groups -OCH3 is 1. The largest absolute Gasteiger partial charge is 0.493 e. The lowest BCUT2D eigenvalue weighted by molar-refractivity contribution is 0.284. The van der Waals surface area contributed by atoms with E-state index in [1.54, 1.807) is 32.5 Å². The van der Waals surface area contributed by atoms with E-state index in [1.807, 2.05) is 18.2 Å². The van der Waals surface area contributed by atoms with E-state index in [-0.39, 0.29) is 5.82 Å². The molecule has 0 aliphatic heterocycles. The van der Waals surface area contributed by atoms with Gasteiger partial charge in [-0.15, -0.1) is 0 Å². The van der Waals surface area contributed by atoms with E-state index in [0.717, 1.165) is 11.1 Å². The lowest BCUT2D eigenvalue weighted by Gasteiger charge is -2.13. The molecule has 21 heavy (non-hydrogen) atoms. The van der Waals surface area contributed by atoms with Crippen LogP contribution in [0.1, 0.15) is 11.1 Å². The number of nitrogens with one attached hydrogen (secondary N) is 1. The van der Waals surface area contributed by atoms with E-state index >= 15 is 0 Å². The van der Waals surface area contributed by atoms with Crippen molar-refractivity contribution in [3.63, 3.8) is 0 Å². The number of benzene rings is 2. The number of hydrogen-bond donors (Lipinski definition) is 1. The fraction of sp³-hybridized carbons (Fsp3) is 0.188. The Morgan fingerprint density at radius 1 is 1.19 bits per heavy atom. The fourth-order valence-electron chi connectivity index (χ4n) is 1.82. The summed E-state index contributed by atoms with van der Waals surface area (Å²) in [5, 5.41) is 3.98. The van der Waals surface area contributed by atoms with Gasteiger partial charge >= 0.3 is 0 Å². The molecule has 2 aromatic carbocycles. The summed E-state index contributed by atoms with van der Waals surface area (Å²) in [6.45, 7) is 0.320. The Morgan fingerprint density at radius 2 is 1.95 bits per heavy atom. The van der Waals surface area contributed by atoms with Crippen molar-refractivity contribution < 1.29 is 13.9 Å². The van der Waals surface area contributed by atoms with Gasteiger partial charge < -0.3 is 14.9 Å². The maximum absolute atomic E-state index is 12.9. The maximum Gasteiger partial charge on any atom is 0.170 e. The number of rotatable bonds is 6. The highest BCUT2D eigenvalue weighted by atomic mass is 19.1. The Morgan fingerprint density at radius 3 is 2.62 bits per heavy atom. The molecule has 0 aliphatic rings. The van der Waals surface area contributed by atoms with Gasteiger partial charge in [-0.3, -0.25) is 0 Å². The molecule has 2 rings (SSSR count). The average molecular weight is 288 g/mol. The van der Waals surface area contributed by atoms with Gasteiger partial charge in [0.15, 0.2) is 11.5 Å². The van der Waals surface area contributed by atoms with Gasteiger partial charge in [-0.05, 0) is 29.8 Å². The van der Waals surface area contributed by atoms with Crippen LogP contribution in [0.5, 0.6) is 11.5 Å². The normalized spacial score (nSPS) is 10.6. The SMILES string of the molecule is CN/N=C/c1cccc(OC)c1OCc1ccc(F)cc1. The second-order valence-corrected chi connectivity index (χ2v) is 4.28. The second-order valence-electron chi connectivity index (χ2n) is 4.28. The zero-order chi connectivity index (χ0) is 15.1. The molecular formula is C16H17FN2O2. The number of hydrazone groups is 1. The first-order valence-corrected chi connectivity index (χ1v) is 6.48. The van der Waals surface area contributed by atoms with Crippen LogP contribution in [0.3, 0.4) is 0 Å². The van der Waals surface area contributed by atoms with Crippen LogP contribution < -0.4 is 14.9 Å². The van der Waals surface area contributed by atoms with E-state index < -0.39 is 0 Å². The van der Waals surface area contributed by atoms with Gasteiger partial charge in [-0.2, -0.15) is 5.10 Å². The monoisotopic (exact) mass is 288 g/mol. The molecule has 0 atom stereocenters. The van der Waals surface area contributed by atoms with Gasteiger partial charge in [0.1, 0.15) is 12.4 Å². The summed E-state index contributed by atoms with van der Waals surface area (Å²) in [5.41, 5.74) is 4.36. The maximum atomic E-state index is 12.9. The Labute approximate surface area is 123 Å². The highest BCUT2D eigenvalue weighted by molar-refractivity contribution is 5.84. The quantitative estimate of drug-likeness (QED) is 0.656. The van der Waals surface area contributed by atoms with Crippen molar-refractivity contribution in [2.24, 2.45) is 5.10 Å². The fourth-order valence-corrected chi connectivity index (χ4v) is 1.82. The number of halogens is 1. The van der Waals surface area contributed by atoms with Crippen LogP contribution in [0.15, 0.2) is 47.6 Å². The molecule has 5 heteroatoms. The van der Waals surface area contributed by atoms with E-state index in [9.17, 15) is 4.39 Å². The highest BCUT2D eigenvalue weighted by Crippen LogP contribution is 2.30. The predicted molar refractivity (Wildman–Crippen MR) is 80.4 cm³/mol. The van der Waals surface area contributed by atoms with Crippen molar-refractivity contribution in [2.45, 2.75) is 6.61 Å².